The maximum Gasteiger partial charge on any atom is 0.337 e. The Morgan fingerprint density at radius 3 is 2.31 bits per heavy atom. The average Bonchev–Trinajstić information content (AvgIpc) is 2.79. The summed E-state index contributed by atoms with van der Waals surface area (Å²) in [4.78, 5) is 53.9. The molecule has 32 heavy (non-hydrogen) atoms. The molecule has 1 atom stereocenters. The van der Waals surface area contributed by atoms with E-state index < -0.39 is 17.2 Å². The van der Waals surface area contributed by atoms with Gasteiger partial charge in [-0.25, -0.2) is 14.6 Å². The number of nitrogens with zero attached hydrogens (tertiary/aromatic N) is 2. The summed E-state index contributed by atoms with van der Waals surface area (Å²) in [6.45, 7) is 2.22. The molecule has 2 amide bonds. The molecule has 10 heteroatoms. The van der Waals surface area contributed by atoms with Gasteiger partial charge in [-0.1, -0.05) is 11.8 Å². The molecule has 2 aromatic carbocycles. The normalized spacial score (nSPS) is 17.2. The molecule has 0 spiro atoms. The fourth-order valence-corrected chi connectivity index (χ4v) is 4.13. The second-order valence-corrected chi connectivity index (χ2v) is 7.92. The van der Waals surface area contributed by atoms with Crippen molar-refractivity contribution in [1.29, 1.82) is 0 Å². The number of rotatable bonds is 6. The second kappa shape index (κ2) is 10.1. The van der Waals surface area contributed by atoms with Crippen molar-refractivity contribution >= 4 is 52.1 Å². The van der Waals surface area contributed by atoms with Gasteiger partial charge in [0.15, 0.2) is 5.17 Å². The van der Waals surface area contributed by atoms with Gasteiger partial charge in [-0.15, -0.1) is 0 Å². The highest BCUT2D eigenvalue weighted by Gasteiger charge is 2.35. The molecule has 1 aliphatic rings. The van der Waals surface area contributed by atoms with Crippen molar-refractivity contribution in [2.45, 2.75) is 18.6 Å². The Hall–Kier alpha value is -3.66. The SMILES string of the molecule is CCN1C(=O)CC(C(=O)Nc2ccc(C(=O)O)cc2)SC1=Nc1ccc(C(=O)OC)cc1. The predicted molar refractivity (Wildman–Crippen MR) is 120 cm³/mol. The summed E-state index contributed by atoms with van der Waals surface area (Å²) >= 11 is 1.17. The summed E-state index contributed by atoms with van der Waals surface area (Å²) in [5, 5.41) is 11.4. The molecular formula is C22H21N3O6S. The van der Waals surface area contributed by atoms with Crippen LogP contribution in [0, 0.1) is 0 Å². The van der Waals surface area contributed by atoms with Gasteiger partial charge in [-0.05, 0) is 55.5 Å². The van der Waals surface area contributed by atoms with Crippen LogP contribution in [0.4, 0.5) is 11.4 Å². The zero-order chi connectivity index (χ0) is 23.3. The number of carboxylic acid groups (broad SMARTS) is 1. The molecule has 0 aliphatic carbocycles. The summed E-state index contributed by atoms with van der Waals surface area (Å²) in [5.41, 5.74) is 1.44. The first-order chi connectivity index (χ1) is 15.3. The van der Waals surface area contributed by atoms with Crippen LogP contribution >= 0.6 is 11.8 Å². The van der Waals surface area contributed by atoms with Crippen molar-refractivity contribution < 1.29 is 29.0 Å². The number of aliphatic imine (C=N–C) groups is 1. The molecule has 1 aliphatic heterocycles. The van der Waals surface area contributed by atoms with Crippen LogP contribution in [0.2, 0.25) is 0 Å². The maximum absolute atomic E-state index is 12.8. The van der Waals surface area contributed by atoms with Crippen molar-refractivity contribution in [2.24, 2.45) is 4.99 Å². The third-order valence-corrected chi connectivity index (χ3v) is 5.85. The molecular weight excluding hydrogens is 434 g/mol. The lowest BCUT2D eigenvalue weighted by Crippen LogP contribution is -2.45. The van der Waals surface area contributed by atoms with Crippen LogP contribution in [0.5, 0.6) is 0 Å². The fourth-order valence-electron chi connectivity index (χ4n) is 2.97. The number of methoxy groups -OCH3 is 1. The van der Waals surface area contributed by atoms with Crippen LogP contribution in [0.3, 0.4) is 0 Å². The van der Waals surface area contributed by atoms with Crippen LogP contribution in [-0.4, -0.2) is 57.8 Å². The van der Waals surface area contributed by atoms with E-state index in [-0.39, 0.29) is 23.8 Å². The fraction of sp³-hybridized carbons (Fsp3) is 0.227. The Morgan fingerprint density at radius 1 is 1.12 bits per heavy atom. The van der Waals surface area contributed by atoms with Gasteiger partial charge in [0.25, 0.3) is 0 Å². The van der Waals surface area contributed by atoms with Gasteiger partial charge in [-0.3, -0.25) is 14.5 Å². The Bertz CT molecular complexity index is 1070. The van der Waals surface area contributed by atoms with E-state index in [4.69, 9.17) is 5.11 Å². The summed E-state index contributed by atoms with van der Waals surface area (Å²) in [5.74, 6) is -2.13. The number of ether oxygens (including phenoxy) is 1. The highest BCUT2D eigenvalue weighted by Crippen LogP contribution is 2.30. The molecule has 1 unspecified atom stereocenters. The van der Waals surface area contributed by atoms with E-state index in [1.54, 1.807) is 24.3 Å². The number of anilines is 1. The van der Waals surface area contributed by atoms with Crippen molar-refractivity contribution in [3.05, 3.63) is 59.7 Å². The number of hydrogen-bond acceptors (Lipinski definition) is 7. The Kier molecular flexibility index (Phi) is 7.26. The molecule has 0 radical (unpaired) electrons. The van der Waals surface area contributed by atoms with Gasteiger partial charge >= 0.3 is 11.9 Å². The zero-order valence-electron chi connectivity index (χ0n) is 17.4. The van der Waals surface area contributed by atoms with E-state index in [0.717, 1.165) is 0 Å². The van der Waals surface area contributed by atoms with Crippen LogP contribution in [0.15, 0.2) is 53.5 Å². The van der Waals surface area contributed by atoms with Crippen LogP contribution in [0.1, 0.15) is 34.1 Å². The second-order valence-electron chi connectivity index (χ2n) is 6.75. The quantitative estimate of drug-likeness (QED) is 0.641. The molecule has 1 saturated heterocycles. The number of aromatic carboxylic acids is 1. The lowest BCUT2D eigenvalue weighted by molar-refractivity contribution is -0.129. The highest BCUT2D eigenvalue weighted by molar-refractivity contribution is 8.15. The standard InChI is InChI=1S/C22H21N3O6S/c1-3-25-18(26)12-17(19(27)23-15-8-4-13(5-9-15)20(28)29)32-22(25)24-16-10-6-14(7-11-16)21(30)31-2/h4-11,17H,3,12H2,1-2H3,(H,23,27)(H,28,29). The molecule has 1 heterocycles. The number of thioether (sulfide) groups is 1. The van der Waals surface area contributed by atoms with Gasteiger partial charge in [-0.2, -0.15) is 0 Å². The molecule has 3 rings (SSSR count). The van der Waals surface area contributed by atoms with Crippen molar-refractivity contribution in [3.8, 4) is 0 Å². The molecule has 2 N–H and O–H groups in total. The minimum atomic E-state index is -1.06. The zero-order valence-corrected chi connectivity index (χ0v) is 18.2. The number of hydrogen-bond donors (Lipinski definition) is 2. The smallest absolute Gasteiger partial charge is 0.337 e. The van der Waals surface area contributed by atoms with E-state index >= 15 is 0 Å². The Labute approximate surface area is 188 Å². The van der Waals surface area contributed by atoms with Gasteiger partial charge in [0.05, 0.1) is 23.9 Å². The summed E-state index contributed by atoms with van der Waals surface area (Å²) < 4.78 is 4.68. The number of amides is 2. The van der Waals surface area contributed by atoms with Gasteiger partial charge in [0.1, 0.15) is 5.25 Å². The summed E-state index contributed by atoms with van der Waals surface area (Å²) in [6, 6.07) is 12.2. The average molecular weight is 455 g/mol. The third-order valence-electron chi connectivity index (χ3n) is 4.66. The highest BCUT2D eigenvalue weighted by atomic mass is 32.2. The first kappa shape index (κ1) is 23.0. The lowest BCUT2D eigenvalue weighted by atomic mass is 10.2. The van der Waals surface area contributed by atoms with Crippen LogP contribution < -0.4 is 5.32 Å². The number of amidine groups is 1. The lowest BCUT2D eigenvalue weighted by Gasteiger charge is -2.30. The van der Waals surface area contributed by atoms with E-state index in [2.05, 4.69) is 15.0 Å². The van der Waals surface area contributed by atoms with E-state index in [1.807, 2.05) is 6.92 Å². The van der Waals surface area contributed by atoms with Gasteiger partial charge < -0.3 is 15.2 Å². The molecule has 2 aromatic rings. The molecule has 9 nitrogen and oxygen atoms in total. The minimum absolute atomic E-state index is 0.0118. The number of esters is 1. The molecule has 0 bridgehead atoms. The van der Waals surface area contributed by atoms with Crippen molar-refractivity contribution in [3.63, 3.8) is 0 Å². The van der Waals surface area contributed by atoms with E-state index in [1.165, 1.54) is 48.0 Å². The summed E-state index contributed by atoms with van der Waals surface area (Å²) in [6.07, 6.45) is 0.0118. The number of nitrogens with one attached hydrogen (secondary N) is 1. The van der Waals surface area contributed by atoms with Crippen LogP contribution in [-0.2, 0) is 14.3 Å². The van der Waals surface area contributed by atoms with Crippen LogP contribution in [0.25, 0.3) is 0 Å². The molecule has 166 valence electrons. The topological polar surface area (TPSA) is 125 Å². The Morgan fingerprint density at radius 2 is 1.75 bits per heavy atom. The molecule has 0 aromatic heterocycles. The minimum Gasteiger partial charge on any atom is -0.478 e. The number of carbonyl (C=O) groups excluding carboxylic acids is 3. The molecule has 0 saturated carbocycles. The number of carbonyl (C=O) groups is 4. The molecule has 1 fully saturated rings. The van der Waals surface area contributed by atoms with Gasteiger partial charge in [0, 0.05) is 18.7 Å². The predicted octanol–water partition coefficient (Wildman–Crippen LogP) is 3.15. The van der Waals surface area contributed by atoms with E-state index in [9.17, 15) is 19.2 Å². The van der Waals surface area contributed by atoms with E-state index in [0.29, 0.717) is 28.7 Å². The monoisotopic (exact) mass is 455 g/mol. The van der Waals surface area contributed by atoms with Crippen molar-refractivity contribution in [1.82, 2.24) is 4.90 Å². The summed E-state index contributed by atoms with van der Waals surface area (Å²) in [7, 11) is 1.30. The van der Waals surface area contributed by atoms with Gasteiger partial charge in [0.2, 0.25) is 11.8 Å². The first-order valence-corrected chi connectivity index (χ1v) is 10.6. The number of benzene rings is 2. The Balaban J connectivity index is 1.77. The third kappa shape index (κ3) is 5.33. The largest absolute Gasteiger partial charge is 0.478 e. The maximum atomic E-state index is 12.8. The van der Waals surface area contributed by atoms with Crippen molar-refractivity contribution in [2.75, 3.05) is 19.0 Å². The first-order valence-electron chi connectivity index (χ1n) is 9.70. The number of carboxylic acids is 1.